The molecule has 1 heterocycles. The number of carbonyl (C=O) groups excluding carboxylic acids is 1. The Balaban J connectivity index is 1.55. The highest BCUT2D eigenvalue weighted by Crippen LogP contribution is 2.34. The number of nitrogens with one attached hydrogen (secondary N) is 1. The second kappa shape index (κ2) is 9.87. The molecule has 1 aliphatic heterocycles. The van der Waals surface area contributed by atoms with Gasteiger partial charge in [0.15, 0.2) is 0 Å². The summed E-state index contributed by atoms with van der Waals surface area (Å²) in [6, 6.07) is 17.6. The van der Waals surface area contributed by atoms with Crippen molar-refractivity contribution in [1.29, 1.82) is 0 Å². The molecule has 1 saturated heterocycles. The highest BCUT2D eigenvalue weighted by atomic mass is 79.9. The molecule has 0 unspecified atom stereocenters. The molecule has 4 rings (SSSR count). The molecule has 1 aliphatic carbocycles. The molecule has 0 atom stereocenters. The van der Waals surface area contributed by atoms with Crippen molar-refractivity contribution in [3.63, 3.8) is 0 Å². The van der Waals surface area contributed by atoms with Gasteiger partial charge in [-0.1, -0.05) is 46.3 Å². The van der Waals surface area contributed by atoms with Crippen molar-refractivity contribution in [3.05, 3.63) is 87.0 Å². The Bertz CT molecular complexity index is 975. The topological polar surface area (TPSA) is 53.9 Å². The summed E-state index contributed by atoms with van der Waals surface area (Å²) in [4.78, 5) is 14.7. The number of carbonyl (C=O) groups is 1. The zero-order valence-corrected chi connectivity index (χ0v) is 18.3. The van der Waals surface area contributed by atoms with Crippen LogP contribution in [0.25, 0.3) is 6.08 Å². The van der Waals surface area contributed by atoms with Crippen LogP contribution in [-0.4, -0.2) is 43.3 Å². The van der Waals surface area contributed by atoms with E-state index in [-0.39, 0.29) is 5.91 Å². The molecule has 154 valence electrons. The summed E-state index contributed by atoms with van der Waals surface area (Å²) in [5.41, 5.74) is 8.11. The van der Waals surface area contributed by atoms with Gasteiger partial charge in [0.25, 0.3) is 5.91 Å². The van der Waals surface area contributed by atoms with Crippen LogP contribution in [0.1, 0.15) is 28.8 Å². The molecule has 2 aromatic rings. The van der Waals surface area contributed by atoms with E-state index < -0.39 is 0 Å². The maximum Gasteiger partial charge on any atom is 0.271 e. The summed E-state index contributed by atoms with van der Waals surface area (Å²) in [5, 5.41) is 4.26. The Hall–Kier alpha value is -2.70. The van der Waals surface area contributed by atoms with Crippen LogP contribution >= 0.6 is 15.9 Å². The lowest BCUT2D eigenvalue weighted by atomic mass is 10.1. The lowest BCUT2D eigenvalue weighted by Crippen LogP contribution is -2.36. The molecule has 1 fully saturated rings. The Morgan fingerprint density at radius 2 is 1.77 bits per heavy atom. The highest BCUT2D eigenvalue weighted by molar-refractivity contribution is 9.10. The van der Waals surface area contributed by atoms with E-state index >= 15 is 0 Å². The van der Waals surface area contributed by atoms with E-state index in [2.05, 4.69) is 61.7 Å². The summed E-state index contributed by atoms with van der Waals surface area (Å²) in [7, 11) is 0. The fourth-order valence-electron chi connectivity index (χ4n) is 3.76. The number of hydrogen-bond donors (Lipinski definition) is 1. The van der Waals surface area contributed by atoms with Gasteiger partial charge in [-0.2, -0.15) is 5.10 Å². The number of amides is 1. The first-order valence-corrected chi connectivity index (χ1v) is 10.9. The highest BCUT2D eigenvalue weighted by Gasteiger charge is 2.25. The van der Waals surface area contributed by atoms with Crippen molar-refractivity contribution < 1.29 is 9.53 Å². The number of hydrogen-bond acceptors (Lipinski definition) is 4. The van der Waals surface area contributed by atoms with E-state index in [9.17, 15) is 4.79 Å². The molecular formula is C24H24BrN3O2. The molecular weight excluding hydrogens is 442 g/mol. The van der Waals surface area contributed by atoms with Crippen molar-refractivity contribution >= 4 is 34.1 Å². The number of benzene rings is 2. The minimum absolute atomic E-state index is 0.217. The number of allylic oxidation sites excluding steroid dienone is 2. The molecule has 2 aliphatic rings. The molecule has 6 heteroatoms. The van der Waals surface area contributed by atoms with Gasteiger partial charge in [-0.05, 0) is 59.9 Å². The lowest BCUT2D eigenvalue weighted by molar-refractivity contribution is 0.0548. The van der Waals surface area contributed by atoms with Crippen molar-refractivity contribution in [2.24, 2.45) is 5.10 Å². The van der Waals surface area contributed by atoms with Crippen LogP contribution in [0.3, 0.4) is 0 Å². The van der Waals surface area contributed by atoms with Crippen LogP contribution in [0.5, 0.6) is 0 Å². The average molecular weight is 466 g/mol. The number of nitrogens with zero attached hydrogens (tertiary/aromatic N) is 2. The predicted molar refractivity (Wildman–Crippen MR) is 123 cm³/mol. The Morgan fingerprint density at radius 1 is 1.03 bits per heavy atom. The fraction of sp³-hybridized carbons (Fsp3) is 0.250. The van der Waals surface area contributed by atoms with Gasteiger partial charge in [-0.25, -0.2) is 5.43 Å². The van der Waals surface area contributed by atoms with E-state index in [0.717, 1.165) is 49.2 Å². The summed E-state index contributed by atoms with van der Waals surface area (Å²) >= 11 is 3.38. The van der Waals surface area contributed by atoms with E-state index in [1.807, 2.05) is 18.2 Å². The average Bonchev–Trinajstić information content (AvgIpc) is 3.17. The van der Waals surface area contributed by atoms with Crippen molar-refractivity contribution in [2.75, 3.05) is 26.3 Å². The lowest BCUT2D eigenvalue weighted by Gasteiger charge is -2.31. The first kappa shape index (κ1) is 20.6. The van der Waals surface area contributed by atoms with Gasteiger partial charge < -0.3 is 9.64 Å². The van der Waals surface area contributed by atoms with Gasteiger partial charge in [-0.3, -0.25) is 4.79 Å². The standard InChI is InChI=1S/C24H24BrN3O2/c25-22-10-8-19(9-11-22)24(29)27-26-17-21-7-6-20(16-18-4-2-1-3-5-18)23(21)28-12-14-30-15-13-28/h1-5,8-11,16-17H,6-7,12-15H2,(H,27,29)/b20-16+,26-17-. The molecule has 0 spiro atoms. The monoisotopic (exact) mass is 465 g/mol. The summed E-state index contributed by atoms with van der Waals surface area (Å²) in [6.45, 7) is 3.19. The van der Waals surface area contributed by atoms with Crippen molar-refractivity contribution in [2.45, 2.75) is 12.8 Å². The van der Waals surface area contributed by atoms with Crippen LogP contribution in [0.15, 0.2) is 81.0 Å². The first-order valence-electron chi connectivity index (χ1n) is 10.1. The van der Waals surface area contributed by atoms with E-state index in [1.165, 1.54) is 16.8 Å². The maximum absolute atomic E-state index is 12.3. The third kappa shape index (κ3) is 5.07. The smallest absolute Gasteiger partial charge is 0.271 e. The predicted octanol–water partition coefficient (Wildman–Crippen LogP) is 4.63. The van der Waals surface area contributed by atoms with Gasteiger partial charge in [0.05, 0.1) is 19.4 Å². The molecule has 0 bridgehead atoms. The molecule has 1 amide bonds. The Labute approximate surface area is 185 Å². The maximum atomic E-state index is 12.3. The van der Waals surface area contributed by atoms with Gasteiger partial charge in [0.1, 0.15) is 0 Å². The number of ether oxygens (including phenoxy) is 1. The quantitative estimate of drug-likeness (QED) is 0.517. The molecule has 1 N–H and O–H groups in total. The van der Waals surface area contributed by atoms with Gasteiger partial charge in [0, 0.05) is 28.8 Å². The molecule has 0 saturated carbocycles. The largest absolute Gasteiger partial charge is 0.378 e. The van der Waals surface area contributed by atoms with Crippen molar-refractivity contribution in [3.8, 4) is 0 Å². The van der Waals surface area contributed by atoms with E-state index in [4.69, 9.17) is 4.74 Å². The van der Waals surface area contributed by atoms with Crippen LogP contribution in [-0.2, 0) is 4.74 Å². The van der Waals surface area contributed by atoms with E-state index in [0.29, 0.717) is 5.56 Å². The SMILES string of the molecule is O=C(N/N=C\C1=C(N2CCOCC2)C(=C/c2ccccc2)/CC1)c1ccc(Br)cc1. The first-order chi connectivity index (χ1) is 14.7. The third-order valence-electron chi connectivity index (χ3n) is 5.23. The van der Waals surface area contributed by atoms with E-state index in [1.54, 1.807) is 18.3 Å². The summed E-state index contributed by atoms with van der Waals surface area (Å²) in [5.74, 6) is -0.217. The second-order valence-corrected chi connectivity index (χ2v) is 8.18. The number of halogens is 1. The van der Waals surface area contributed by atoms with Gasteiger partial charge in [-0.15, -0.1) is 0 Å². The van der Waals surface area contributed by atoms with Crippen LogP contribution < -0.4 is 5.43 Å². The zero-order chi connectivity index (χ0) is 20.8. The molecule has 2 aromatic carbocycles. The van der Waals surface area contributed by atoms with Crippen LogP contribution in [0.4, 0.5) is 0 Å². The Kier molecular flexibility index (Phi) is 6.77. The molecule has 30 heavy (non-hydrogen) atoms. The molecule has 0 aromatic heterocycles. The van der Waals surface area contributed by atoms with Gasteiger partial charge in [0.2, 0.25) is 0 Å². The minimum atomic E-state index is -0.217. The third-order valence-corrected chi connectivity index (χ3v) is 5.76. The number of hydrazone groups is 1. The molecule has 5 nitrogen and oxygen atoms in total. The van der Waals surface area contributed by atoms with Crippen LogP contribution in [0, 0.1) is 0 Å². The van der Waals surface area contributed by atoms with Crippen LogP contribution in [0.2, 0.25) is 0 Å². The second-order valence-electron chi connectivity index (χ2n) is 7.26. The fourth-order valence-corrected chi connectivity index (χ4v) is 4.02. The molecule has 0 radical (unpaired) electrons. The Morgan fingerprint density at radius 3 is 2.50 bits per heavy atom. The normalized spacial score (nSPS) is 18.4. The zero-order valence-electron chi connectivity index (χ0n) is 16.7. The number of rotatable bonds is 5. The minimum Gasteiger partial charge on any atom is -0.378 e. The van der Waals surface area contributed by atoms with Crippen molar-refractivity contribution in [1.82, 2.24) is 10.3 Å². The van der Waals surface area contributed by atoms with Gasteiger partial charge >= 0.3 is 0 Å². The summed E-state index contributed by atoms with van der Waals surface area (Å²) < 4.78 is 6.48. The number of morpholine rings is 1. The summed E-state index contributed by atoms with van der Waals surface area (Å²) in [6.07, 6.45) is 5.92.